The predicted molar refractivity (Wildman–Crippen MR) is 65.9 cm³/mol. The van der Waals surface area contributed by atoms with Gasteiger partial charge in [-0.2, -0.15) is 9.57 Å². The molecule has 1 saturated heterocycles. The van der Waals surface area contributed by atoms with Gasteiger partial charge in [-0.3, -0.25) is 0 Å². The number of sulfonamides is 1. The fourth-order valence-corrected chi connectivity index (χ4v) is 2.70. The highest BCUT2D eigenvalue weighted by Crippen LogP contribution is 2.06. The minimum Gasteiger partial charge on any atom is -0.305 e. The first-order valence-electron chi connectivity index (χ1n) is 5.71. The summed E-state index contributed by atoms with van der Waals surface area (Å²) in [4.78, 5) is 2.20. The molecule has 0 bridgehead atoms. The van der Waals surface area contributed by atoms with Gasteiger partial charge in [0.15, 0.2) is 0 Å². The molecular weight excluding hydrogens is 240 g/mol. The van der Waals surface area contributed by atoms with Crippen molar-refractivity contribution in [2.24, 2.45) is 0 Å². The van der Waals surface area contributed by atoms with Crippen LogP contribution in [0.5, 0.6) is 0 Å². The second-order valence-corrected chi connectivity index (χ2v) is 6.25. The van der Waals surface area contributed by atoms with Gasteiger partial charge < -0.3 is 10.2 Å². The highest BCUT2D eigenvalue weighted by molar-refractivity contribution is 7.88. The molecular formula is C10H20N4O2S. The molecule has 0 aromatic rings. The maximum atomic E-state index is 11.3. The Morgan fingerprint density at radius 3 is 2.35 bits per heavy atom. The van der Waals surface area contributed by atoms with Crippen LogP contribution in [-0.2, 0) is 10.0 Å². The van der Waals surface area contributed by atoms with Crippen LogP contribution in [0.2, 0.25) is 0 Å². The number of nitrogens with one attached hydrogen (secondary N) is 1. The summed E-state index contributed by atoms with van der Waals surface area (Å²) in [5.41, 5.74) is 0. The van der Waals surface area contributed by atoms with Crippen LogP contribution < -0.4 is 5.32 Å². The molecule has 1 aliphatic rings. The quantitative estimate of drug-likeness (QED) is 0.691. The first-order chi connectivity index (χ1) is 7.97. The normalized spacial score (nSPS) is 21.0. The van der Waals surface area contributed by atoms with Crippen molar-refractivity contribution in [3.8, 4) is 6.07 Å². The van der Waals surface area contributed by atoms with Crippen molar-refractivity contribution in [1.29, 1.82) is 5.26 Å². The lowest BCUT2D eigenvalue weighted by atomic mass is 10.2. The van der Waals surface area contributed by atoms with Crippen LogP contribution in [0.4, 0.5) is 0 Å². The third-order valence-electron chi connectivity index (χ3n) is 3.04. The third-order valence-corrected chi connectivity index (χ3v) is 4.34. The van der Waals surface area contributed by atoms with Gasteiger partial charge in [-0.05, 0) is 13.5 Å². The van der Waals surface area contributed by atoms with Crippen LogP contribution in [0.25, 0.3) is 0 Å². The number of hydrogen-bond acceptors (Lipinski definition) is 5. The minimum absolute atomic E-state index is 0.122. The molecule has 17 heavy (non-hydrogen) atoms. The second-order valence-electron chi connectivity index (χ2n) is 4.26. The van der Waals surface area contributed by atoms with Gasteiger partial charge in [0.1, 0.15) is 0 Å². The van der Waals surface area contributed by atoms with Gasteiger partial charge in [0.2, 0.25) is 10.0 Å². The van der Waals surface area contributed by atoms with E-state index in [1.165, 1.54) is 10.6 Å². The Morgan fingerprint density at radius 1 is 1.35 bits per heavy atom. The summed E-state index contributed by atoms with van der Waals surface area (Å²) < 4.78 is 24.1. The maximum absolute atomic E-state index is 11.3. The van der Waals surface area contributed by atoms with Gasteiger partial charge in [-0.15, -0.1) is 0 Å². The predicted octanol–water partition coefficient (Wildman–Crippen LogP) is -0.935. The summed E-state index contributed by atoms with van der Waals surface area (Å²) in [6.45, 7) is 3.42. The Labute approximate surface area is 103 Å². The topological polar surface area (TPSA) is 76.4 Å². The summed E-state index contributed by atoms with van der Waals surface area (Å²) in [6.07, 6.45) is 2.02. The Balaban J connectivity index is 2.31. The van der Waals surface area contributed by atoms with E-state index in [-0.39, 0.29) is 6.04 Å². The molecule has 0 aromatic carbocycles. The number of hydrogen-bond donors (Lipinski definition) is 1. The molecule has 0 amide bonds. The van der Waals surface area contributed by atoms with Crippen molar-refractivity contribution in [3.05, 3.63) is 0 Å². The average molecular weight is 260 g/mol. The number of nitriles is 1. The van der Waals surface area contributed by atoms with Gasteiger partial charge in [0.25, 0.3) is 0 Å². The lowest BCUT2D eigenvalue weighted by Gasteiger charge is -2.33. The van der Waals surface area contributed by atoms with E-state index in [1.807, 2.05) is 0 Å². The Bertz CT molecular complexity index is 368. The lowest BCUT2D eigenvalue weighted by Crippen LogP contribution is -2.49. The molecule has 7 heteroatoms. The zero-order valence-electron chi connectivity index (χ0n) is 10.4. The van der Waals surface area contributed by atoms with Gasteiger partial charge in [-0.1, -0.05) is 0 Å². The number of rotatable bonds is 5. The summed E-state index contributed by atoms with van der Waals surface area (Å²) in [5.74, 6) is 0. The molecule has 1 rings (SSSR count). The number of nitrogens with zero attached hydrogens (tertiary/aromatic N) is 3. The molecule has 0 aliphatic carbocycles. The van der Waals surface area contributed by atoms with Gasteiger partial charge >= 0.3 is 0 Å². The van der Waals surface area contributed by atoms with E-state index < -0.39 is 10.0 Å². The molecule has 1 unspecified atom stereocenters. The van der Waals surface area contributed by atoms with Crippen LogP contribution >= 0.6 is 0 Å². The maximum Gasteiger partial charge on any atom is 0.211 e. The minimum atomic E-state index is -3.05. The van der Waals surface area contributed by atoms with E-state index in [1.54, 1.807) is 7.05 Å². The first kappa shape index (κ1) is 14.4. The molecule has 0 saturated carbocycles. The van der Waals surface area contributed by atoms with Gasteiger partial charge in [0.05, 0.1) is 18.4 Å². The molecule has 0 spiro atoms. The van der Waals surface area contributed by atoms with Crippen LogP contribution in [0.1, 0.15) is 6.42 Å². The summed E-state index contributed by atoms with van der Waals surface area (Å²) in [7, 11) is -1.27. The molecule has 1 N–H and O–H groups in total. The molecule has 0 radical (unpaired) electrons. The van der Waals surface area contributed by atoms with Crippen molar-refractivity contribution < 1.29 is 8.42 Å². The highest BCUT2D eigenvalue weighted by atomic mass is 32.2. The fraction of sp³-hybridized carbons (Fsp3) is 0.900. The van der Waals surface area contributed by atoms with Crippen molar-refractivity contribution in [3.63, 3.8) is 0 Å². The highest BCUT2D eigenvalue weighted by Gasteiger charge is 2.23. The number of piperazine rings is 1. The summed E-state index contributed by atoms with van der Waals surface area (Å²) in [6, 6.07) is 2.06. The van der Waals surface area contributed by atoms with Crippen molar-refractivity contribution in [1.82, 2.24) is 14.5 Å². The first-order valence-corrected chi connectivity index (χ1v) is 7.56. The van der Waals surface area contributed by atoms with E-state index in [4.69, 9.17) is 5.26 Å². The van der Waals surface area contributed by atoms with E-state index >= 15 is 0 Å². The largest absolute Gasteiger partial charge is 0.305 e. The van der Waals surface area contributed by atoms with E-state index in [2.05, 4.69) is 16.3 Å². The van der Waals surface area contributed by atoms with Crippen molar-refractivity contribution in [2.45, 2.75) is 12.5 Å². The van der Waals surface area contributed by atoms with E-state index in [9.17, 15) is 8.42 Å². The molecule has 0 aromatic heterocycles. The van der Waals surface area contributed by atoms with E-state index in [0.717, 1.165) is 26.1 Å². The zero-order valence-corrected chi connectivity index (χ0v) is 11.2. The Kier molecular flexibility index (Phi) is 5.33. The Morgan fingerprint density at radius 2 is 1.94 bits per heavy atom. The monoisotopic (exact) mass is 260 g/mol. The summed E-state index contributed by atoms with van der Waals surface area (Å²) >= 11 is 0. The third kappa shape index (κ3) is 4.60. The van der Waals surface area contributed by atoms with Crippen molar-refractivity contribution >= 4 is 10.0 Å². The van der Waals surface area contributed by atoms with Crippen LogP contribution in [-0.4, -0.2) is 69.7 Å². The van der Waals surface area contributed by atoms with Gasteiger partial charge in [-0.25, -0.2) is 8.42 Å². The molecule has 1 fully saturated rings. The molecule has 1 atom stereocenters. The van der Waals surface area contributed by atoms with Crippen LogP contribution in [0, 0.1) is 11.3 Å². The zero-order chi connectivity index (χ0) is 12.9. The summed E-state index contributed by atoms with van der Waals surface area (Å²) in [5, 5.41) is 11.7. The van der Waals surface area contributed by atoms with Crippen molar-refractivity contribution in [2.75, 3.05) is 46.0 Å². The molecule has 98 valence electrons. The lowest BCUT2D eigenvalue weighted by molar-refractivity contribution is 0.184. The van der Waals surface area contributed by atoms with E-state index in [0.29, 0.717) is 13.1 Å². The average Bonchev–Trinajstić information content (AvgIpc) is 2.30. The standard InChI is InChI=1S/C10H20N4O2S/c1-12-10(9-11)3-4-13-5-7-14(8-6-13)17(2,15)16/h10,12H,3-8H2,1-2H3. The SMILES string of the molecule is CNC(C#N)CCN1CCN(S(C)(=O)=O)CC1. The van der Waals surface area contributed by atoms with Crippen LogP contribution in [0.15, 0.2) is 0 Å². The fourth-order valence-electron chi connectivity index (χ4n) is 1.87. The van der Waals surface area contributed by atoms with Crippen LogP contribution in [0.3, 0.4) is 0 Å². The second kappa shape index (κ2) is 6.31. The van der Waals surface area contributed by atoms with Gasteiger partial charge in [0, 0.05) is 32.7 Å². The molecule has 1 aliphatic heterocycles. The Hall–Kier alpha value is -0.680. The smallest absolute Gasteiger partial charge is 0.211 e. The molecule has 1 heterocycles. The molecule has 6 nitrogen and oxygen atoms in total.